The topological polar surface area (TPSA) is 41.8 Å². The number of ether oxygens (including phenoxy) is 1. The zero-order chi connectivity index (χ0) is 8.97. The molecule has 0 unspecified atom stereocenters. The van der Waals surface area contributed by atoms with E-state index in [1.165, 1.54) is 25.3 Å². The molecule has 1 aromatic carbocycles. The van der Waals surface area contributed by atoms with Crippen molar-refractivity contribution in [2.75, 3.05) is 7.11 Å². The first-order valence-electron chi connectivity index (χ1n) is 3.29. The van der Waals surface area contributed by atoms with Gasteiger partial charge in [-0.25, -0.2) is 4.39 Å². The number of hydrogen-bond donors (Lipinski definition) is 1. The summed E-state index contributed by atoms with van der Waals surface area (Å²) in [5.74, 6) is 0.0694. The Morgan fingerprint density at radius 1 is 1.58 bits per heavy atom. The Morgan fingerprint density at radius 2 is 2.33 bits per heavy atom. The van der Waals surface area contributed by atoms with E-state index in [2.05, 4.69) is 5.16 Å². The summed E-state index contributed by atoms with van der Waals surface area (Å²) < 4.78 is 17.7. The Labute approximate surface area is 69.1 Å². The maximum Gasteiger partial charge on any atom is 0.132 e. The van der Waals surface area contributed by atoms with Gasteiger partial charge >= 0.3 is 0 Å². The maximum atomic E-state index is 12.8. The Hall–Kier alpha value is -1.58. The van der Waals surface area contributed by atoms with Crippen molar-refractivity contribution in [1.29, 1.82) is 0 Å². The van der Waals surface area contributed by atoms with Gasteiger partial charge in [-0.1, -0.05) is 5.16 Å². The average Bonchev–Trinajstić information content (AvgIpc) is 2.09. The largest absolute Gasteiger partial charge is 0.497 e. The van der Waals surface area contributed by atoms with Gasteiger partial charge in [0.25, 0.3) is 0 Å². The fourth-order valence-corrected chi connectivity index (χ4v) is 0.810. The van der Waals surface area contributed by atoms with Crippen molar-refractivity contribution in [3.63, 3.8) is 0 Å². The molecule has 64 valence electrons. The molecule has 0 fully saturated rings. The van der Waals surface area contributed by atoms with Crippen LogP contribution in [0.1, 0.15) is 5.56 Å². The van der Waals surface area contributed by atoms with E-state index in [0.29, 0.717) is 5.75 Å². The fourth-order valence-electron chi connectivity index (χ4n) is 0.810. The van der Waals surface area contributed by atoms with Crippen LogP contribution in [0.4, 0.5) is 4.39 Å². The first-order valence-corrected chi connectivity index (χ1v) is 3.29. The quantitative estimate of drug-likeness (QED) is 0.415. The monoisotopic (exact) mass is 169 g/mol. The highest BCUT2D eigenvalue weighted by Crippen LogP contribution is 2.14. The van der Waals surface area contributed by atoms with E-state index < -0.39 is 5.82 Å². The number of rotatable bonds is 2. The summed E-state index contributed by atoms with van der Waals surface area (Å²) in [7, 11) is 1.48. The molecule has 0 atom stereocenters. The Morgan fingerprint density at radius 3 is 2.92 bits per heavy atom. The summed E-state index contributed by atoms with van der Waals surface area (Å²) in [4.78, 5) is 0. The lowest BCUT2D eigenvalue weighted by Crippen LogP contribution is -1.90. The van der Waals surface area contributed by atoms with Gasteiger partial charge in [-0.05, 0) is 18.2 Å². The van der Waals surface area contributed by atoms with Gasteiger partial charge in [0.2, 0.25) is 0 Å². The van der Waals surface area contributed by atoms with Crippen molar-refractivity contribution in [3.05, 3.63) is 29.6 Å². The third-order valence-electron chi connectivity index (χ3n) is 1.40. The third-order valence-corrected chi connectivity index (χ3v) is 1.40. The minimum absolute atomic E-state index is 0.192. The Bertz CT molecular complexity index is 299. The zero-order valence-corrected chi connectivity index (χ0v) is 6.49. The van der Waals surface area contributed by atoms with Crippen LogP contribution in [-0.2, 0) is 0 Å². The first kappa shape index (κ1) is 8.52. The standard InChI is InChI=1S/C8H8FNO2/c1-12-7-2-3-8(9)6(4-7)5-10-11/h2-5,11H,1H3. The van der Waals surface area contributed by atoms with E-state index in [9.17, 15) is 4.39 Å². The normalized spacial score (nSPS) is 10.5. The molecule has 0 radical (unpaired) electrons. The van der Waals surface area contributed by atoms with E-state index in [0.717, 1.165) is 6.21 Å². The molecule has 0 bridgehead atoms. The highest BCUT2D eigenvalue weighted by molar-refractivity contribution is 5.80. The van der Waals surface area contributed by atoms with Crippen LogP contribution < -0.4 is 4.74 Å². The fraction of sp³-hybridized carbons (Fsp3) is 0.125. The molecule has 0 aliphatic heterocycles. The highest BCUT2D eigenvalue weighted by Gasteiger charge is 2.00. The molecule has 1 aromatic rings. The van der Waals surface area contributed by atoms with Gasteiger partial charge in [0.1, 0.15) is 11.6 Å². The Balaban J connectivity index is 3.08. The van der Waals surface area contributed by atoms with Crippen molar-refractivity contribution in [3.8, 4) is 5.75 Å². The third kappa shape index (κ3) is 1.72. The van der Waals surface area contributed by atoms with Crippen LogP contribution in [0.2, 0.25) is 0 Å². The van der Waals surface area contributed by atoms with Crippen LogP contribution in [0, 0.1) is 5.82 Å². The van der Waals surface area contributed by atoms with E-state index in [1.807, 2.05) is 0 Å². The SMILES string of the molecule is COc1ccc(F)c(C=NO)c1. The predicted molar refractivity (Wildman–Crippen MR) is 42.3 cm³/mol. The molecule has 3 nitrogen and oxygen atoms in total. The lowest BCUT2D eigenvalue weighted by atomic mass is 10.2. The zero-order valence-electron chi connectivity index (χ0n) is 6.49. The second kappa shape index (κ2) is 3.71. The van der Waals surface area contributed by atoms with Gasteiger partial charge in [-0.15, -0.1) is 0 Å². The lowest BCUT2D eigenvalue weighted by molar-refractivity contribution is 0.321. The minimum atomic E-state index is -0.450. The van der Waals surface area contributed by atoms with E-state index in [-0.39, 0.29) is 5.56 Å². The summed E-state index contributed by atoms with van der Waals surface area (Å²) in [5, 5.41) is 10.9. The second-order valence-corrected chi connectivity index (χ2v) is 2.13. The van der Waals surface area contributed by atoms with Crippen molar-refractivity contribution in [2.24, 2.45) is 5.16 Å². The first-order chi connectivity index (χ1) is 5.77. The van der Waals surface area contributed by atoms with Crippen LogP contribution in [0.5, 0.6) is 5.75 Å². The number of nitrogens with zero attached hydrogens (tertiary/aromatic N) is 1. The summed E-state index contributed by atoms with van der Waals surface area (Å²) in [6.07, 6.45) is 1.01. The summed E-state index contributed by atoms with van der Waals surface area (Å²) >= 11 is 0. The van der Waals surface area contributed by atoms with Crippen LogP contribution >= 0.6 is 0 Å². The second-order valence-electron chi connectivity index (χ2n) is 2.13. The van der Waals surface area contributed by atoms with Gasteiger partial charge in [0.05, 0.1) is 13.3 Å². The smallest absolute Gasteiger partial charge is 0.132 e. The number of halogens is 1. The van der Waals surface area contributed by atoms with Crippen molar-refractivity contribution < 1.29 is 14.3 Å². The van der Waals surface area contributed by atoms with E-state index >= 15 is 0 Å². The molecule has 0 aromatic heterocycles. The van der Waals surface area contributed by atoms with Crippen LogP contribution in [0.15, 0.2) is 23.4 Å². The summed E-state index contributed by atoms with van der Waals surface area (Å²) in [5.41, 5.74) is 0.192. The van der Waals surface area contributed by atoms with Gasteiger partial charge in [-0.2, -0.15) is 0 Å². The summed E-state index contributed by atoms with van der Waals surface area (Å²) in [6, 6.07) is 4.18. The Kier molecular flexibility index (Phi) is 2.63. The van der Waals surface area contributed by atoms with Gasteiger partial charge < -0.3 is 9.94 Å². The minimum Gasteiger partial charge on any atom is -0.497 e. The lowest BCUT2D eigenvalue weighted by Gasteiger charge is -2.00. The van der Waals surface area contributed by atoms with Crippen molar-refractivity contribution >= 4 is 6.21 Å². The van der Waals surface area contributed by atoms with Gasteiger partial charge in [0.15, 0.2) is 0 Å². The molecular weight excluding hydrogens is 161 g/mol. The molecule has 0 aliphatic carbocycles. The molecule has 0 amide bonds. The number of hydrogen-bond acceptors (Lipinski definition) is 3. The van der Waals surface area contributed by atoms with E-state index in [1.54, 1.807) is 0 Å². The number of methoxy groups -OCH3 is 1. The van der Waals surface area contributed by atoms with E-state index in [4.69, 9.17) is 9.94 Å². The predicted octanol–water partition coefficient (Wildman–Crippen LogP) is 1.64. The van der Waals surface area contributed by atoms with Crippen LogP contribution in [0.3, 0.4) is 0 Å². The van der Waals surface area contributed by atoms with Crippen LogP contribution in [-0.4, -0.2) is 18.5 Å². The number of oxime groups is 1. The highest BCUT2D eigenvalue weighted by atomic mass is 19.1. The molecule has 1 N–H and O–H groups in total. The molecule has 4 heteroatoms. The molecule has 0 spiro atoms. The number of benzene rings is 1. The van der Waals surface area contributed by atoms with Crippen molar-refractivity contribution in [2.45, 2.75) is 0 Å². The molecule has 1 rings (SSSR count). The molecule has 12 heavy (non-hydrogen) atoms. The molecule has 0 heterocycles. The van der Waals surface area contributed by atoms with Gasteiger partial charge in [-0.3, -0.25) is 0 Å². The molecule has 0 saturated heterocycles. The maximum absolute atomic E-state index is 12.8. The van der Waals surface area contributed by atoms with Crippen LogP contribution in [0.25, 0.3) is 0 Å². The molecule has 0 saturated carbocycles. The average molecular weight is 169 g/mol. The van der Waals surface area contributed by atoms with Crippen molar-refractivity contribution in [1.82, 2.24) is 0 Å². The molecule has 0 aliphatic rings. The summed E-state index contributed by atoms with van der Waals surface area (Å²) in [6.45, 7) is 0. The van der Waals surface area contributed by atoms with Gasteiger partial charge in [0, 0.05) is 5.56 Å². The molecular formula is C8H8FNO2.